The Morgan fingerprint density at radius 2 is 2.33 bits per heavy atom. The van der Waals surface area contributed by atoms with E-state index in [1.807, 2.05) is 33.3 Å². The number of aromatic nitrogens is 2. The molecule has 2 heterocycles. The minimum Gasteiger partial charge on any atom is -0.353 e. The van der Waals surface area contributed by atoms with Crippen LogP contribution in [0.15, 0.2) is 12.4 Å². The molecule has 100 valence electrons. The Morgan fingerprint density at radius 3 is 2.89 bits per heavy atom. The highest BCUT2D eigenvalue weighted by molar-refractivity contribution is 5.86. The van der Waals surface area contributed by atoms with Crippen molar-refractivity contribution in [3.63, 3.8) is 0 Å². The standard InChI is InChI=1S/C12H21N5O/c1-12(2)11(18)14-4-5-17(12)10(6-13)9-7-15-16(3)8-9/h7-8,10H,4-6,13H2,1-3H3,(H,14,18). The Morgan fingerprint density at radius 1 is 1.61 bits per heavy atom. The first-order chi connectivity index (χ1) is 8.46. The van der Waals surface area contributed by atoms with Gasteiger partial charge < -0.3 is 11.1 Å². The highest BCUT2D eigenvalue weighted by atomic mass is 16.2. The SMILES string of the molecule is Cn1cc(C(CN)N2CCNC(=O)C2(C)C)cn1. The summed E-state index contributed by atoms with van der Waals surface area (Å²) in [6.45, 7) is 5.80. The summed E-state index contributed by atoms with van der Waals surface area (Å²) < 4.78 is 1.76. The van der Waals surface area contributed by atoms with Gasteiger partial charge in [0.1, 0.15) is 0 Å². The summed E-state index contributed by atoms with van der Waals surface area (Å²) in [4.78, 5) is 14.1. The zero-order valence-corrected chi connectivity index (χ0v) is 11.2. The first-order valence-electron chi connectivity index (χ1n) is 6.20. The summed E-state index contributed by atoms with van der Waals surface area (Å²) in [6, 6.07) is 0.0275. The molecule has 0 aromatic carbocycles. The summed E-state index contributed by atoms with van der Waals surface area (Å²) in [5.41, 5.74) is 6.42. The highest BCUT2D eigenvalue weighted by Crippen LogP contribution is 2.29. The van der Waals surface area contributed by atoms with Gasteiger partial charge in [-0.1, -0.05) is 0 Å². The first kappa shape index (κ1) is 13.0. The lowest BCUT2D eigenvalue weighted by Gasteiger charge is -2.45. The van der Waals surface area contributed by atoms with Gasteiger partial charge >= 0.3 is 0 Å². The number of aryl methyl sites for hydroxylation is 1. The van der Waals surface area contributed by atoms with Crippen molar-refractivity contribution in [3.05, 3.63) is 18.0 Å². The number of carbonyl (C=O) groups is 1. The number of rotatable bonds is 3. The third-order valence-electron chi connectivity index (χ3n) is 3.62. The molecule has 1 aliphatic rings. The van der Waals surface area contributed by atoms with Gasteiger partial charge in [0, 0.05) is 38.4 Å². The van der Waals surface area contributed by atoms with Crippen LogP contribution in [0.25, 0.3) is 0 Å². The third kappa shape index (κ3) is 2.13. The monoisotopic (exact) mass is 251 g/mol. The molecule has 0 aliphatic carbocycles. The van der Waals surface area contributed by atoms with E-state index in [4.69, 9.17) is 5.73 Å². The Kier molecular flexibility index (Phi) is 3.41. The number of hydrogen-bond acceptors (Lipinski definition) is 4. The van der Waals surface area contributed by atoms with Gasteiger partial charge in [-0.3, -0.25) is 14.4 Å². The maximum Gasteiger partial charge on any atom is 0.240 e. The number of hydrogen-bond donors (Lipinski definition) is 2. The number of nitrogens with two attached hydrogens (primary N) is 1. The summed E-state index contributed by atoms with van der Waals surface area (Å²) in [7, 11) is 1.88. The normalized spacial score (nSPS) is 21.7. The molecule has 1 aromatic heterocycles. The molecular formula is C12H21N5O. The van der Waals surface area contributed by atoms with Crippen LogP contribution in [0, 0.1) is 0 Å². The number of carbonyl (C=O) groups excluding carboxylic acids is 1. The van der Waals surface area contributed by atoms with Crippen LogP contribution in [0.1, 0.15) is 25.5 Å². The van der Waals surface area contributed by atoms with E-state index >= 15 is 0 Å². The van der Waals surface area contributed by atoms with E-state index in [0.29, 0.717) is 13.1 Å². The van der Waals surface area contributed by atoms with Gasteiger partial charge in [-0.15, -0.1) is 0 Å². The minimum atomic E-state index is -0.544. The molecule has 0 radical (unpaired) electrons. The summed E-state index contributed by atoms with van der Waals surface area (Å²) >= 11 is 0. The molecule has 6 heteroatoms. The average Bonchev–Trinajstić information content (AvgIpc) is 2.72. The molecule has 0 saturated carbocycles. The van der Waals surface area contributed by atoms with Crippen molar-refractivity contribution in [2.45, 2.75) is 25.4 Å². The third-order valence-corrected chi connectivity index (χ3v) is 3.62. The largest absolute Gasteiger partial charge is 0.353 e. The number of piperazine rings is 1. The van der Waals surface area contributed by atoms with Crippen molar-refractivity contribution in [2.24, 2.45) is 12.8 Å². The van der Waals surface area contributed by atoms with Crippen LogP contribution >= 0.6 is 0 Å². The van der Waals surface area contributed by atoms with Gasteiger partial charge in [-0.05, 0) is 13.8 Å². The average molecular weight is 251 g/mol. The van der Waals surface area contributed by atoms with Crippen molar-refractivity contribution < 1.29 is 4.79 Å². The van der Waals surface area contributed by atoms with Crippen LogP contribution in [-0.4, -0.2) is 45.8 Å². The van der Waals surface area contributed by atoms with Gasteiger partial charge in [-0.2, -0.15) is 5.10 Å². The Hall–Kier alpha value is -1.40. The van der Waals surface area contributed by atoms with E-state index in [1.54, 1.807) is 4.68 Å². The molecule has 0 spiro atoms. The lowest BCUT2D eigenvalue weighted by Crippen LogP contribution is -2.63. The smallest absolute Gasteiger partial charge is 0.240 e. The van der Waals surface area contributed by atoms with Gasteiger partial charge in [0.15, 0.2) is 0 Å². The van der Waals surface area contributed by atoms with Crippen molar-refractivity contribution >= 4 is 5.91 Å². The van der Waals surface area contributed by atoms with E-state index in [9.17, 15) is 4.79 Å². The van der Waals surface area contributed by atoms with Crippen LogP contribution in [0.2, 0.25) is 0 Å². The molecule has 1 unspecified atom stereocenters. The van der Waals surface area contributed by atoms with E-state index in [0.717, 1.165) is 12.1 Å². The summed E-state index contributed by atoms with van der Waals surface area (Å²) in [6.07, 6.45) is 3.78. The Bertz CT molecular complexity index is 439. The quantitative estimate of drug-likeness (QED) is 0.768. The number of nitrogens with zero attached hydrogens (tertiary/aromatic N) is 3. The second-order valence-electron chi connectivity index (χ2n) is 5.21. The van der Waals surface area contributed by atoms with Gasteiger partial charge in [-0.25, -0.2) is 0 Å². The summed E-state index contributed by atoms with van der Waals surface area (Å²) in [5, 5.41) is 7.08. The molecule has 6 nitrogen and oxygen atoms in total. The molecule has 2 rings (SSSR count). The number of nitrogens with one attached hydrogen (secondary N) is 1. The van der Waals surface area contributed by atoms with Crippen molar-refractivity contribution in [1.82, 2.24) is 20.0 Å². The lowest BCUT2D eigenvalue weighted by atomic mass is 9.94. The zero-order chi connectivity index (χ0) is 13.3. The van der Waals surface area contributed by atoms with E-state index < -0.39 is 5.54 Å². The molecule has 1 atom stereocenters. The molecule has 18 heavy (non-hydrogen) atoms. The van der Waals surface area contributed by atoms with Crippen LogP contribution in [-0.2, 0) is 11.8 Å². The van der Waals surface area contributed by atoms with E-state index in [2.05, 4.69) is 15.3 Å². The van der Waals surface area contributed by atoms with Crippen LogP contribution in [0.4, 0.5) is 0 Å². The second kappa shape index (κ2) is 4.70. The lowest BCUT2D eigenvalue weighted by molar-refractivity contribution is -0.137. The fraction of sp³-hybridized carbons (Fsp3) is 0.667. The highest BCUT2D eigenvalue weighted by Gasteiger charge is 2.41. The fourth-order valence-electron chi connectivity index (χ4n) is 2.52. The second-order valence-corrected chi connectivity index (χ2v) is 5.21. The molecule has 0 bridgehead atoms. The van der Waals surface area contributed by atoms with E-state index in [1.165, 1.54) is 0 Å². The van der Waals surface area contributed by atoms with Crippen molar-refractivity contribution in [1.29, 1.82) is 0 Å². The van der Waals surface area contributed by atoms with Crippen LogP contribution in [0.3, 0.4) is 0 Å². The summed E-state index contributed by atoms with van der Waals surface area (Å²) in [5.74, 6) is 0.0519. The van der Waals surface area contributed by atoms with Gasteiger partial charge in [0.25, 0.3) is 0 Å². The van der Waals surface area contributed by atoms with Gasteiger partial charge in [0.05, 0.1) is 17.8 Å². The fourth-order valence-corrected chi connectivity index (χ4v) is 2.52. The molecule has 1 saturated heterocycles. The molecule has 1 fully saturated rings. The number of amides is 1. The molecule has 1 aliphatic heterocycles. The predicted molar refractivity (Wildman–Crippen MR) is 68.8 cm³/mol. The first-order valence-corrected chi connectivity index (χ1v) is 6.20. The van der Waals surface area contributed by atoms with Crippen LogP contribution < -0.4 is 11.1 Å². The maximum absolute atomic E-state index is 12.0. The molecule has 3 N–H and O–H groups in total. The molecule has 1 aromatic rings. The predicted octanol–water partition coefficient (Wildman–Crippen LogP) is -0.370. The minimum absolute atomic E-state index is 0.0275. The molecule has 1 amide bonds. The van der Waals surface area contributed by atoms with Crippen LogP contribution in [0.5, 0.6) is 0 Å². The maximum atomic E-state index is 12.0. The van der Waals surface area contributed by atoms with E-state index in [-0.39, 0.29) is 11.9 Å². The topological polar surface area (TPSA) is 76.2 Å². The van der Waals surface area contributed by atoms with Gasteiger partial charge in [0.2, 0.25) is 5.91 Å². The Labute approximate surface area is 107 Å². The molecular weight excluding hydrogens is 230 g/mol. The zero-order valence-electron chi connectivity index (χ0n) is 11.2. The van der Waals surface area contributed by atoms with Crippen molar-refractivity contribution in [2.75, 3.05) is 19.6 Å². The van der Waals surface area contributed by atoms with Crippen molar-refractivity contribution in [3.8, 4) is 0 Å². The Balaban J connectivity index is 2.29.